The van der Waals surface area contributed by atoms with E-state index in [1.54, 1.807) is 12.1 Å². The van der Waals surface area contributed by atoms with Crippen LogP contribution < -0.4 is 10.1 Å². The van der Waals surface area contributed by atoms with Crippen molar-refractivity contribution < 1.29 is 9.53 Å². The number of aliphatic imine (C=N–C) groups is 1. The molecule has 1 saturated heterocycles. The average Bonchev–Trinajstić information content (AvgIpc) is 3.04. The van der Waals surface area contributed by atoms with E-state index in [4.69, 9.17) is 16.3 Å². The van der Waals surface area contributed by atoms with Crippen molar-refractivity contribution in [2.24, 2.45) is 4.99 Å². The molecular weight excluding hydrogens is 392 g/mol. The number of hydrogen-bond acceptors (Lipinski definition) is 4. The van der Waals surface area contributed by atoms with E-state index in [-0.39, 0.29) is 5.91 Å². The molecule has 0 aromatic heterocycles. The smallest absolute Gasteiger partial charge is 0.264 e. The van der Waals surface area contributed by atoms with Crippen LogP contribution in [0.25, 0.3) is 6.08 Å². The molecule has 0 unspecified atom stereocenters. The van der Waals surface area contributed by atoms with E-state index in [1.165, 1.54) is 11.8 Å². The first kappa shape index (κ1) is 18.3. The van der Waals surface area contributed by atoms with Gasteiger partial charge in [0.05, 0.1) is 15.6 Å². The van der Waals surface area contributed by atoms with Gasteiger partial charge in [-0.15, -0.1) is 0 Å². The number of carbonyl (C=O) groups is 1. The summed E-state index contributed by atoms with van der Waals surface area (Å²) in [5, 5.41) is 3.81. The van der Waals surface area contributed by atoms with Gasteiger partial charge in [0.25, 0.3) is 5.91 Å². The Morgan fingerprint density at radius 2 is 1.68 bits per heavy atom. The van der Waals surface area contributed by atoms with Gasteiger partial charge in [0, 0.05) is 0 Å². The van der Waals surface area contributed by atoms with Crippen molar-refractivity contribution in [1.82, 2.24) is 5.32 Å². The third-order valence-electron chi connectivity index (χ3n) is 3.86. The summed E-state index contributed by atoms with van der Waals surface area (Å²) in [6, 6.07) is 24.4. The van der Waals surface area contributed by atoms with Crippen LogP contribution in [0.4, 0.5) is 5.69 Å². The van der Waals surface area contributed by atoms with Crippen molar-refractivity contribution in [2.45, 2.75) is 0 Å². The molecule has 6 heteroatoms. The van der Waals surface area contributed by atoms with Gasteiger partial charge in [-0.1, -0.05) is 54.1 Å². The van der Waals surface area contributed by atoms with Crippen molar-refractivity contribution in [1.29, 1.82) is 0 Å². The van der Waals surface area contributed by atoms with Gasteiger partial charge in [-0.2, -0.15) is 0 Å². The zero-order chi connectivity index (χ0) is 19.3. The average molecular weight is 407 g/mol. The van der Waals surface area contributed by atoms with Gasteiger partial charge < -0.3 is 10.1 Å². The number of ether oxygens (including phenoxy) is 1. The van der Waals surface area contributed by atoms with Gasteiger partial charge in [0.15, 0.2) is 5.17 Å². The molecule has 0 saturated carbocycles. The van der Waals surface area contributed by atoms with E-state index in [9.17, 15) is 4.79 Å². The van der Waals surface area contributed by atoms with Crippen LogP contribution in [0.5, 0.6) is 11.5 Å². The van der Waals surface area contributed by atoms with Crippen LogP contribution in [0.3, 0.4) is 0 Å². The second-order valence-electron chi connectivity index (χ2n) is 5.92. The van der Waals surface area contributed by atoms with Gasteiger partial charge in [0.2, 0.25) is 0 Å². The molecule has 1 fully saturated rings. The Hall–Kier alpha value is -3.02. The van der Waals surface area contributed by atoms with Crippen molar-refractivity contribution in [3.8, 4) is 11.5 Å². The van der Waals surface area contributed by atoms with Crippen LogP contribution in [0.2, 0.25) is 5.02 Å². The molecule has 3 aromatic carbocycles. The van der Waals surface area contributed by atoms with Gasteiger partial charge in [-0.3, -0.25) is 4.79 Å². The van der Waals surface area contributed by atoms with Crippen LogP contribution in [0.1, 0.15) is 5.56 Å². The van der Waals surface area contributed by atoms with E-state index in [0.717, 1.165) is 11.3 Å². The lowest BCUT2D eigenvalue weighted by molar-refractivity contribution is -0.115. The van der Waals surface area contributed by atoms with Crippen LogP contribution in [-0.2, 0) is 4.79 Å². The molecule has 4 rings (SSSR count). The van der Waals surface area contributed by atoms with Crippen molar-refractivity contribution in [3.05, 3.63) is 94.4 Å². The number of amidine groups is 1. The Morgan fingerprint density at radius 3 is 2.50 bits per heavy atom. The lowest BCUT2D eigenvalue weighted by Gasteiger charge is -2.06. The summed E-state index contributed by atoms with van der Waals surface area (Å²) < 4.78 is 5.85. The number of carbonyl (C=O) groups excluding carboxylic acids is 1. The Kier molecular flexibility index (Phi) is 5.46. The largest absolute Gasteiger partial charge is 0.457 e. The third kappa shape index (κ3) is 4.44. The number of halogens is 1. The Morgan fingerprint density at radius 1 is 0.929 bits per heavy atom. The minimum atomic E-state index is -0.190. The number of para-hydroxylation sites is 2. The molecule has 0 bridgehead atoms. The van der Waals surface area contributed by atoms with Crippen molar-refractivity contribution >= 4 is 46.2 Å². The minimum Gasteiger partial charge on any atom is -0.457 e. The summed E-state index contributed by atoms with van der Waals surface area (Å²) in [7, 11) is 0. The number of rotatable bonds is 4. The number of nitrogens with one attached hydrogen (secondary N) is 1. The highest BCUT2D eigenvalue weighted by Crippen LogP contribution is 2.31. The zero-order valence-corrected chi connectivity index (χ0v) is 16.2. The molecule has 3 aromatic rings. The fourth-order valence-electron chi connectivity index (χ4n) is 2.58. The Labute approximate surface area is 171 Å². The van der Waals surface area contributed by atoms with Crippen LogP contribution >= 0.6 is 23.4 Å². The van der Waals surface area contributed by atoms with Crippen molar-refractivity contribution in [3.63, 3.8) is 0 Å². The summed E-state index contributed by atoms with van der Waals surface area (Å²) in [6.07, 6.45) is 1.81. The van der Waals surface area contributed by atoms with Crippen LogP contribution in [-0.4, -0.2) is 11.1 Å². The molecule has 0 radical (unpaired) electrons. The fourth-order valence-corrected chi connectivity index (χ4v) is 3.59. The molecule has 1 N–H and O–H groups in total. The highest BCUT2D eigenvalue weighted by molar-refractivity contribution is 8.18. The van der Waals surface area contributed by atoms with E-state index in [0.29, 0.717) is 26.5 Å². The maximum Gasteiger partial charge on any atom is 0.264 e. The van der Waals surface area contributed by atoms with Crippen LogP contribution in [0, 0.1) is 0 Å². The molecule has 28 heavy (non-hydrogen) atoms. The first-order valence-electron chi connectivity index (χ1n) is 8.54. The summed E-state index contributed by atoms with van der Waals surface area (Å²) in [4.78, 5) is 17.3. The summed E-state index contributed by atoms with van der Waals surface area (Å²) in [6.45, 7) is 0. The van der Waals surface area contributed by atoms with Crippen LogP contribution in [0.15, 0.2) is 88.8 Å². The summed E-state index contributed by atoms with van der Waals surface area (Å²) in [5.41, 5.74) is 1.48. The quantitative estimate of drug-likeness (QED) is 0.538. The number of thioether (sulfide) groups is 1. The monoisotopic (exact) mass is 406 g/mol. The third-order valence-corrected chi connectivity index (χ3v) is 5.09. The predicted molar refractivity (Wildman–Crippen MR) is 115 cm³/mol. The minimum absolute atomic E-state index is 0.190. The predicted octanol–water partition coefficient (Wildman–Crippen LogP) is 6.02. The normalized spacial score (nSPS) is 16.4. The molecular formula is C22H15ClN2O2S. The molecule has 0 aliphatic carbocycles. The maximum absolute atomic E-state index is 12.3. The molecule has 4 nitrogen and oxygen atoms in total. The molecule has 0 spiro atoms. The number of hydrogen-bond donors (Lipinski definition) is 1. The van der Waals surface area contributed by atoms with E-state index >= 15 is 0 Å². The summed E-state index contributed by atoms with van der Waals surface area (Å²) >= 11 is 7.41. The number of benzene rings is 3. The first-order valence-corrected chi connectivity index (χ1v) is 9.74. The maximum atomic E-state index is 12.3. The van der Waals surface area contributed by atoms with E-state index < -0.39 is 0 Å². The number of amides is 1. The Bertz CT molecular complexity index is 1080. The summed E-state index contributed by atoms with van der Waals surface area (Å²) in [5.74, 6) is 1.27. The molecule has 1 aliphatic heterocycles. The second kappa shape index (κ2) is 8.33. The molecule has 1 amide bonds. The molecule has 1 heterocycles. The van der Waals surface area contributed by atoms with Gasteiger partial charge in [-0.25, -0.2) is 4.99 Å². The molecule has 0 atom stereocenters. The lowest BCUT2D eigenvalue weighted by atomic mass is 10.2. The lowest BCUT2D eigenvalue weighted by Crippen LogP contribution is -2.19. The van der Waals surface area contributed by atoms with Gasteiger partial charge >= 0.3 is 0 Å². The van der Waals surface area contributed by atoms with Gasteiger partial charge in [0.1, 0.15) is 11.5 Å². The highest BCUT2D eigenvalue weighted by Gasteiger charge is 2.24. The van der Waals surface area contributed by atoms with E-state index in [2.05, 4.69) is 10.3 Å². The van der Waals surface area contributed by atoms with Gasteiger partial charge in [-0.05, 0) is 59.8 Å². The second-order valence-corrected chi connectivity index (χ2v) is 7.36. The molecule has 1 aliphatic rings. The zero-order valence-electron chi connectivity index (χ0n) is 14.6. The Balaban J connectivity index is 1.54. The topological polar surface area (TPSA) is 50.7 Å². The fraction of sp³-hybridized carbons (Fsp3) is 0. The van der Waals surface area contributed by atoms with Crippen molar-refractivity contribution in [2.75, 3.05) is 0 Å². The standard InChI is InChI=1S/C22H15ClN2O2S/c23-18-11-4-5-12-19(18)24-22-25-21(26)20(28-22)14-15-7-6-10-17(13-15)27-16-8-2-1-3-9-16/h1-14H,(H,24,25,26)/b20-14+. The van der Waals surface area contributed by atoms with E-state index in [1.807, 2.05) is 72.8 Å². The first-order chi connectivity index (χ1) is 13.7. The number of nitrogens with zero attached hydrogens (tertiary/aromatic N) is 1. The highest BCUT2D eigenvalue weighted by atomic mass is 35.5. The molecule has 138 valence electrons. The SMILES string of the molecule is O=C1NC(=Nc2ccccc2Cl)S/C1=C/c1cccc(Oc2ccccc2)c1.